The second kappa shape index (κ2) is 11.2. The summed E-state index contributed by atoms with van der Waals surface area (Å²) < 4.78 is 21.2. The number of carbonyl (C=O) groups is 3. The van der Waals surface area contributed by atoms with Crippen LogP contribution in [0.3, 0.4) is 0 Å². The van der Waals surface area contributed by atoms with E-state index >= 15 is 4.39 Å². The van der Waals surface area contributed by atoms with Gasteiger partial charge in [-0.15, -0.1) is 23.2 Å². The van der Waals surface area contributed by atoms with Gasteiger partial charge in [-0.25, -0.2) is 4.39 Å². The van der Waals surface area contributed by atoms with Gasteiger partial charge in [-0.1, -0.05) is 11.6 Å². The van der Waals surface area contributed by atoms with Crippen molar-refractivity contribution in [1.82, 2.24) is 9.80 Å². The second-order valence-electron chi connectivity index (χ2n) is 10.4. The zero-order valence-corrected chi connectivity index (χ0v) is 22.1. The normalized spacial score (nSPS) is 30.4. The van der Waals surface area contributed by atoms with Crippen LogP contribution >= 0.6 is 23.2 Å². The molecule has 0 aromatic heterocycles. The van der Waals surface area contributed by atoms with Gasteiger partial charge in [0, 0.05) is 33.9 Å². The summed E-state index contributed by atoms with van der Waals surface area (Å²) in [5.41, 5.74) is 0.406. The van der Waals surface area contributed by atoms with E-state index in [0.717, 1.165) is 12.0 Å². The fourth-order valence-electron chi connectivity index (χ4n) is 5.37. The van der Waals surface area contributed by atoms with E-state index in [4.69, 9.17) is 27.9 Å². The van der Waals surface area contributed by atoms with Crippen LogP contribution in [0.2, 0.25) is 0 Å². The third-order valence-electron chi connectivity index (χ3n) is 7.96. The van der Waals surface area contributed by atoms with Crippen molar-refractivity contribution >= 4 is 41.0 Å². The van der Waals surface area contributed by atoms with Gasteiger partial charge < -0.3 is 14.5 Å². The molecule has 34 heavy (non-hydrogen) atoms. The van der Waals surface area contributed by atoms with Gasteiger partial charge in [-0.3, -0.25) is 14.4 Å². The Morgan fingerprint density at radius 3 is 2.15 bits per heavy atom. The van der Waals surface area contributed by atoms with E-state index in [1.165, 1.54) is 23.6 Å². The van der Waals surface area contributed by atoms with Crippen molar-refractivity contribution in [3.05, 3.63) is 11.6 Å². The number of rotatable bonds is 8. The minimum atomic E-state index is -1.02. The molecule has 0 saturated heterocycles. The van der Waals surface area contributed by atoms with Gasteiger partial charge in [0.1, 0.15) is 12.3 Å². The molecule has 0 bridgehead atoms. The largest absolute Gasteiger partial charge is 0.458 e. The van der Waals surface area contributed by atoms with Gasteiger partial charge in [-0.2, -0.15) is 0 Å². The van der Waals surface area contributed by atoms with Crippen molar-refractivity contribution in [3.63, 3.8) is 0 Å². The van der Waals surface area contributed by atoms with E-state index in [-0.39, 0.29) is 53.5 Å². The average Bonchev–Trinajstić information content (AvgIpc) is 3.57. The number of hydrogen-bond donors (Lipinski definition) is 0. The van der Waals surface area contributed by atoms with Gasteiger partial charge >= 0.3 is 5.97 Å². The van der Waals surface area contributed by atoms with Crippen LogP contribution < -0.4 is 0 Å². The molecule has 2 amide bonds. The number of esters is 1. The fraction of sp³-hybridized carbons (Fsp3) is 0.800. The maximum absolute atomic E-state index is 15.4. The van der Waals surface area contributed by atoms with Crippen LogP contribution in [-0.2, 0) is 19.1 Å². The molecular formula is C25H37Cl2FN2O4. The molecule has 5 unspecified atom stereocenters. The molecule has 0 radical (unpaired) electrons. The minimum absolute atomic E-state index is 0.0697. The number of halogens is 3. The molecule has 0 aromatic rings. The first kappa shape index (κ1) is 27.3. The molecule has 0 heterocycles. The summed E-state index contributed by atoms with van der Waals surface area (Å²) in [5.74, 6) is -0.856. The highest BCUT2D eigenvalue weighted by Crippen LogP contribution is 2.59. The summed E-state index contributed by atoms with van der Waals surface area (Å²) in [6.07, 6.45) is 4.84. The topological polar surface area (TPSA) is 66.9 Å². The molecule has 2 fully saturated rings. The predicted molar refractivity (Wildman–Crippen MR) is 130 cm³/mol. The van der Waals surface area contributed by atoms with E-state index in [2.05, 4.69) is 6.08 Å². The van der Waals surface area contributed by atoms with Gasteiger partial charge in [-0.05, 0) is 50.9 Å². The lowest BCUT2D eigenvalue weighted by atomic mass is 9.69. The summed E-state index contributed by atoms with van der Waals surface area (Å²) in [7, 11) is 3.27. The van der Waals surface area contributed by atoms with Crippen molar-refractivity contribution in [3.8, 4) is 0 Å². The van der Waals surface area contributed by atoms with Crippen LogP contribution in [0, 0.1) is 17.3 Å². The number of carbonyl (C=O) groups excluding carboxylic acids is 3. The SMILES string of the molecule is CC(=O)N(C)CC(CN(C)C(C)=O)OC(=O)C1(C2CCC(C3=CCC(Cl)C(Cl)C3)C(F)C2)CC1. The Kier molecular flexibility index (Phi) is 8.94. The highest BCUT2D eigenvalue weighted by atomic mass is 35.5. The molecule has 3 aliphatic carbocycles. The Morgan fingerprint density at radius 2 is 1.68 bits per heavy atom. The summed E-state index contributed by atoms with van der Waals surface area (Å²) in [6, 6.07) is 0. The Bertz CT molecular complexity index is 797. The van der Waals surface area contributed by atoms with Crippen molar-refractivity contribution < 1.29 is 23.5 Å². The number of likely N-dealkylation sites (N-methyl/N-ethyl adjacent to an activating group) is 2. The molecule has 6 nitrogen and oxygen atoms in total. The Balaban J connectivity index is 1.64. The van der Waals surface area contributed by atoms with Crippen LogP contribution in [0.5, 0.6) is 0 Å². The molecule has 192 valence electrons. The van der Waals surface area contributed by atoms with E-state index < -0.39 is 17.7 Å². The first-order valence-corrected chi connectivity index (χ1v) is 13.1. The van der Waals surface area contributed by atoms with E-state index in [1.807, 2.05) is 0 Å². The first-order chi connectivity index (χ1) is 15.9. The predicted octanol–water partition coefficient (Wildman–Crippen LogP) is 4.32. The maximum atomic E-state index is 15.4. The monoisotopic (exact) mass is 518 g/mol. The molecule has 3 aliphatic rings. The third-order valence-corrected chi connectivity index (χ3v) is 9.03. The average molecular weight is 519 g/mol. The molecule has 2 saturated carbocycles. The molecule has 0 aliphatic heterocycles. The van der Waals surface area contributed by atoms with Crippen LogP contribution in [-0.4, -0.2) is 77.8 Å². The number of ether oxygens (including phenoxy) is 1. The lowest BCUT2D eigenvalue weighted by Gasteiger charge is -2.38. The summed E-state index contributed by atoms with van der Waals surface area (Å²) in [5, 5.41) is -0.282. The molecule has 9 heteroatoms. The third kappa shape index (κ3) is 6.26. The Hall–Kier alpha value is -1.34. The summed E-state index contributed by atoms with van der Waals surface area (Å²) >= 11 is 12.5. The lowest BCUT2D eigenvalue weighted by Crippen LogP contribution is -2.45. The van der Waals surface area contributed by atoms with Gasteiger partial charge in [0.05, 0.1) is 29.3 Å². The van der Waals surface area contributed by atoms with Crippen molar-refractivity contribution in [2.24, 2.45) is 17.3 Å². The van der Waals surface area contributed by atoms with E-state index in [0.29, 0.717) is 38.5 Å². The molecule has 0 spiro atoms. The number of allylic oxidation sites excluding steroid dienone is 2. The smallest absolute Gasteiger partial charge is 0.312 e. The van der Waals surface area contributed by atoms with Crippen LogP contribution in [0.15, 0.2) is 11.6 Å². The molecule has 3 rings (SSSR count). The van der Waals surface area contributed by atoms with Crippen LogP contribution in [0.25, 0.3) is 0 Å². The number of amides is 2. The molecule has 0 aromatic carbocycles. The highest BCUT2D eigenvalue weighted by molar-refractivity contribution is 6.30. The molecule has 5 atom stereocenters. The second-order valence-corrected chi connectivity index (χ2v) is 11.5. The number of hydrogen-bond acceptors (Lipinski definition) is 4. The van der Waals surface area contributed by atoms with Crippen LogP contribution in [0.1, 0.15) is 58.8 Å². The van der Waals surface area contributed by atoms with Gasteiger partial charge in [0.15, 0.2) is 0 Å². The maximum Gasteiger partial charge on any atom is 0.312 e. The molecule has 0 N–H and O–H groups in total. The standard InChI is InChI=1S/C25H37Cl2FN2O4/c1-15(31)29(3)13-19(14-30(4)16(2)32)34-24(33)25(9-10-25)18-6-7-20(23(28)12-18)17-5-8-21(26)22(27)11-17/h5,18-23H,6-14H2,1-4H3. The zero-order valence-electron chi connectivity index (χ0n) is 20.6. The minimum Gasteiger partial charge on any atom is -0.458 e. The van der Waals surface area contributed by atoms with Crippen molar-refractivity contribution in [2.45, 2.75) is 81.8 Å². The summed E-state index contributed by atoms with van der Waals surface area (Å²) in [4.78, 5) is 39.7. The fourth-order valence-corrected chi connectivity index (χ4v) is 5.83. The van der Waals surface area contributed by atoms with E-state index in [1.54, 1.807) is 14.1 Å². The summed E-state index contributed by atoms with van der Waals surface area (Å²) in [6.45, 7) is 3.28. The lowest BCUT2D eigenvalue weighted by molar-refractivity contribution is -0.163. The highest BCUT2D eigenvalue weighted by Gasteiger charge is 2.58. The van der Waals surface area contributed by atoms with Gasteiger partial charge in [0.2, 0.25) is 11.8 Å². The molecular weight excluding hydrogens is 482 g/mol. The Labute approximate surface area is 212 Å². The first-order valence-electron chi connectivity index (χ1n) is 12.2. The number of alkyl halides is 3. The Morgan fingerprint density at radius 1 is 1.09 bits per heavy atom. The van der Waals surface area contributed by atoms with Gasteiger partial charge in [0.25, 0.3) is 0 Å². The zero-order chi connectivity index (χ0) is 25.2. The van der Waals surface area contributed by atoms with Crippen molar-refractivity contribution in [2.75, 3.05) is 27.2 Å². The van der Waals surface area contributed by atoms with E-state index in [9.17, 15) is 14.4 Å². The van der Waals surface area contributed by atoms with Crippen molar-refractivity contribution in [1.29, 1.82) is 0 Å². The number of nitrogens with zero attached hydrogens (tertiary/aromatic N) is 2. The quantitative estimate of drug-likeness (QED) is 0.272. The van der Waals surface area contributed by atoms with Crippen LogP contribution in [0.4, 0.5) is 4.39 Å².